The molecule has 0 aliphatic carbocycles. The van der Waals surface area contributed by atoms with Crippen molar-refractivity contribution >= 4 is 40.0 Å². The first-order chi connectivity index (χ1) is 15.6. The number of thioether (sulfide) groups is 1. The lowest BCUT2D eigenvalue weighted by atomic mass is 10.2. The van der Waals surface area contributed by atoms with Crippen molar-refractivity contribution in [1.82, 2.24) is 19.2 Å². The van der Waals surface area contributed by atoms with Crippen LogP contribution in [-0.4, -0.2) is 26.3 Å². The number of methoxy groups -OCH3 is 1. The van der Waals surface area contributed by atoms with Crippen LogP contribution in [0.2, 0.25) is 5.02 Å². The van der Waals surface area contributed by atoms with E-state index in [1.165, 1.54) is 0 Å². The zero-order chi connectivity index (χ0) is 22.2. The van der Waals surface area contributed by atoms with E-state index >= 15 is 0 Å². The summed E-state index contributed by atoms with van der Waals surface area (Å²) in [5.74, 6) is 1.73. The van der Waals surface area contributed by atoms with Gasteiger partial charge in [-0.25, -0.2) is 4.57 Å². The van der Waals surface area contributed by atoms with Gasteiger partial charge < -0.3 is 4.74 Å². The molecule has 0 bridgehead atoms. The van der Waals surface area contributed by atoms with Crippen LogP contribution < -0.4 is 10.3 Å². The number of halogens is 1. The highest BCUT2D eigenvalue weighted by Crippen LogP contribution is 2.29. The molecule has 6 nitrogen and oxygen atoms in total. The Balaban J connectivity index is 1.74. The molecule has 0 unspecified atom stereocenters. The number of aryl methyl sites for hydroxylation is 1. The number of benzene rings is 3. The first-order valence-electron chi connectivity index (χ1n) is 9.98. The molecule has 8 heteroatoms. The van der Waals surface area contributed by atoms with Crippen molar-refractivity contribution < 1.29 is 4.74 Å². The average Bonchev–Trinajstić information content (AvgIpc) is 3.23. The molecule has 0 amide bonds. The van der Waals surface area contributed by atoms with Gasteiger partial charge in [0.25, 0.3) is 5.56 Å². The van der Waals surface area contributed by atoms with Crippen molar-refractivity contribution in [1.29, 1.82) is 0 Å². The second-order valence-corrected chi connectivity index (χ2v) is 8.75. The molecule has 0 spiro atoms. The van der Waals surface area contributed by atoms with E-state index in [2.05, 4.69) is 10.2 Å². The van der Waals surface area contributed by atoms with Gasteiger partial charge in [-0.1, -0.05) is 53.7 Å². The number of fused-ring (bicyclic) bond motifs is 3. The maximum absolute atomic E-state index is 13.5. The number of ether oxygens (including phenoxy) is 1. The van der Waals surface area contributed by atoms with Crippen LogP contribution in [0.1, 0.15) is 11.1 Å². The highest BCUT2D eigenvalue weighted by Gasteiger charge is 2.20. The minimum Gasteiger partial charge on any atom is -0.495 e. The van der Waals surface area contributed by atoms with Gasteiger partial charge in [-0.15, -0.1) is 10.2 Å². The van der Waals surface area contributed by atoms with Crippen LogP contribution in [0.15, 0.2) is 76.7 Å². The first kappa shape index (κ1) is 20.6. The zero-order valence-corrected chi connectivity index (χ0v) is 19.0. The van der Waals surface area contributed by atoms with E-state index in [-0.39, 0.29) is 5.56 Å². The first-order valence-corrected chi connectivity index (χ1v) is 11.3. The molecule has 0 fully saturated rings. The molecule has 3 aromatic carbocycles. The van der Waals surface area contributed by atoms with Crippen LogP contribution in [0.25, 0.3) is 22.4 Å². The summed E-state index contributed by atoms with van der Waals surface area (Å²) in [5.41, 5.74) is 3.36. The molecule has 2 aromatic heterocycles. The largest absolute Gasteiger partial charge is 0.495 e. The van der Waals surface area contributed by atoms with Crippen molar-refractivity contribution in [3.8, 4) is 11.4 Å². The Labute approximate surface area is 193 Å². The van der Waals surface area contributed by atoms with Crippen molar-refractivity contribution in [2.45, 2.75) is 17.8 Å². The van der Waals surface area contributed by atoms with Crippen LogP contribution in [0.5, 0.6) is 5.75 Å². The molecule has 0 aliphatic heterocycles. The van der Waals surface area contributed by atoms with Crippen LogP contribution in [0.3, 0.4) is 0 Å². The predicted molar refractivity (Wildman–Crippen MR) is 128 cm³/mol. The highest BCUT2D eigenvalue weighted by atomic mass is 35.5. The van der Waals surface area contributed by atoms with Gasteiger partial charge in [0, 0.05) is 10.8 Å². The van der Waals surface area contributed by atoms with Gasteiger partial charge >= 0.3 is 0 Å². The lowest BCUT2D eigenvalue weighted by Gasteiger charge is -2.14. The Kier molecular flexibility index (Phi) is 5.36. The fraction of sp³-hybridized carbons (Fsp3) is 0.125. The van der Waals surface area contributed by atoms with Gasteiger partial charge in [-0.05, 0) is 54.4 Å². The SMILES string of the molecule is COc1ccc(C)cc1-n1c(=O)c2ccccc2n2c(SCc3ccc(Cl)cc3)nnc12. The quantitative estimate of drug-likeness (QED) is 0.332. The number of aromatic nitrogens is 4. The van der Waals surface area contributed by atoms with Crippen LogP contribution in [0, 0.1) is 6.92 Å². The number of hydrogen-bond donors (Lipinski definition) is 0. The predicted octanol–water partition coefficient (Wildman–Crippen LogP) is 5.30. The Morgan fingerprint density at radius 2 is 1.81 bits per heavy atom. The van der Waals surface area contributed by atoms with Crippen molar-refractivity contribution in [3.05, 3.63) is 93.2 Å². The smallest absolute Gasteiger partial charge is 0.267 e. The average molecular weight is 463 g/mol. The van der Waals surface area contributed by atoms with Gasteiger partial charge in [0.2, 0.25) is 5.78 Å². The van der Waals surface area contributed by atoms with Gasteiger partial charge in [0.05, 0.1) is 23.7 Å². The number of hydrogen-bond acceptors (Lipinski definition) is 5. The third-order valence-corrected chi connectivity index (χ3v) is 6.50. The normalized spacial score (nSPS) is 11.3. The van der Waals surface area contributed by atoms with Crippen LogP contribution in [-0.2, 0) is 5.75 Å². The molecule has 0 saturated carbocycles. The summed E-state index contributed by atoms with van der Waals surface area (Å²) in [6.45, 7) is 1.98. The van der Waals surface area contributed by atoms with E-state index in [1.54, 1.807) is 23.4 Å². The third kappa shape index (κ3) is 3.53. The lowest BCUT2D eigenvalue weighted by Crippen LogP contribution is -2.22. The Bertz CT molecular complexity index is 1510. The second kappa shape index (κ2) is 8.33. The summed E-state index contributed by atoms with van der Waals surface area (Å²) in [5, 5.41) is 10.8. The summed E-state index contributed by atoms with van der Waals surface area (Å²) >= 11 is 7.56. The molecule has 32 heavy (non-hydrogen) atoms. The standard InChI is InChI=1S/C24H19ClN4O2S/c1-15-7-12-21(31-2)20(13-15)28-22(30)18-5-3-4-6-19(18)29-23(28)26-27-24(29)32-14-16-8-10-17(25)11-9-16/h3-13H,14H2,1-2H3. The molecule has 5 aromatic rings. The molecule has 0 N–H and O–H groups in total. The molecule has 160 valence electrons. The molecule has 5 rings (SSSR count). The summed E-state index contributed by atoms with van der Waals surface area (Å²) in [6.07, 6.45) is 0. The minimum atomic E-state index is -0.168. The Morgan fingerprint density at radius 1 is 1.03 bits per heavy atom. The Morgan fingerprint density at radius 3 is 2.59 bits per heavy atom. The molecule has 0 saturated heterocycles. The van der Waals surface area contributed by atoms with E-state index in [0.29, 0.717) is 38.5 Å². The van der Waals surface area contributed by atoms with E-state index in [4.69, 9.17) is 16.3 Å². The third-order valence-electron chi connectivity index (χ3n) is 5.25. The van der Waals surface area contributed by atoms with Gasteiger partial charge in [0.1, 0.15) is 5.75 Å². The molecule has 2 heterocycles. The molecular formula is C24H19ClN4O2S. The summed E-state index contributed by atoms with van der Waals surface area (Å²) in [6, 6.07) is 21.0. The second-order valence-electron chi connectivity index (χ2n) is 7.37. The Hall–Kier alpha value is -3.29. The molecular weight excluding hydrogens is 444 g/mol. The summed E-state index contributed by atoms with van der Waals surface area (Å²) in [7, 11) is 1.59. The topological polar surface area (TPSA) is 61.4 Å². The van der Waals surface area contributed by atoms with Crippen molar-refractivity contribution in [2.75, 3.05) is 7.11 Å². The minimum absolute atomic E-state index is 0.168. The van der Waals surface area contributed by atoms with Crippen LogP contribution in [0.4, 0.5) is 0 Å². The van der Waals surface area contributed by atoms with Gasteiger partial charge in [0.15, 0.2) is 5.16 Å². The van der Waals surface area contributed by atoms with E-state index in [0.717, 1.165) is 16.6 Å². The van der Waals surface area contributed by atoms with Crippen LogP contribution >= 0.6 is 23.4 Å². The van der Waals surface area contributed by atoms with E-state index in [1.807, 2.05) is 78.1 Å². The molecule has 0 atom stereocenters. The number of nitrogens with zero attached hydrogens (tertiary/aromatic N) is 4. The number of rotatable bonds is 5. The van der Waals surface area contributed by atoms with Crippen molar-refractivity contribution in [3.63, 3.8) is 0 Å². The zero-order valence-electron chi connectivity index (χ0n) is 17.4. The summed E-state index contributed by atoms with van der Waals surface area (Å²) in [4.78, 5) is 13.5. The maximum atomic E-state index is 13.5. The molecule has 0 aliphatic rings. The van der Waals surface area contributed by atoms with Gasteiger partial charge in [-0.3, -0.25) is 9.20 Å². The fourth-order valence-corrected chi connectivity index (χ4v) is 4.71. The number of para-hydroxylation sites is 1. The van der Waals surface area contributed by atoms with E-state index in [9.17, 15) is 4.79 Å². The fourth-order valence-electron chi connectivity index (χ4n) is 3.69. The van der Waals surface area contributed by atoms with Crippen molar-refractivity contribution in [2.24, 2.45) is 0 Å². The maximum Gasteiger partial charge on any atom is 0.267 e. The highest BCUT2D eigenvalue weighted by molar-refractivity contribution is 7.98. The lowest BCUT2D eigenvalue weighted by molar-refractivity contribution is 0.412. The molecule has 0 radical (unpaired) electrons. The summed E-state index contributed by atoms with van der Waals surface area (Å²) < 4.78 is 9.07. The van der Waals surface area contributed by atoms with Gasteiger partial charge in [-0.2, -0.15) is 0 Å². The monoisotopic (exact) mass is 462 g/mol. The van der Waals surface area contributed by atoms with E-state index < -0.39 is 0 Å².